The molecule has 5 N–H and O–H groups in total. The monoisotopic (exact) mass is 493 g/mol. The molecule has 0 bridgehead atoms. The van der Waals surface area contributed by atoms with E-state index in [2.05, 4.69) is 5.32 Å². The van der Waals surface area contributed by atoms with Crippen LogP contribution in [0.3, 0.4) is 0 Å². The van der Waals surface area contributed by atoms with Crippen LogP contribution in [0.4, 0.5) is 0 Å². The molecular weight excluding hydrogens is 462 g/mol. The fourth-order valence-electron chi connectivity index (χ4n) is 4.68. The molecule has 1 amide bonds. The number of carboxylic acids is 4. The molecule has 1 aromatic rings. The van der Waals surface area contributed by atoms with Crippen LogP contribution in [0.25, 0.3) is 0 Å². The van der Waals surface area contributed by atoms with E-state index in [0.29, 0.717) is 5.56 Å². The first kappa shape index (κ1) is 29.3. The summed E-state index contributed by atoms with van der Waals surface area (Å²) in [5.41, 5.74) is 0.461. The SMILES string of the molecule is CCC(c1ccccc1)C(C(=O)O)C(C(=O)O)C(C(=O)NC)C(C(=O)O)C(C(=O)O)C(C)C(C)=O. The topological polar surface area (TPSA) is 195 Å². The van der Waals surface area contributed by atoms with Gasteiger partial charge in [0.1, 0.15) is 5.78 Å². The maximum absolute atomic E-state index is 13.0. The molecule has 0 aliphatic heterocycles. The van der Waals surface area contributed by atoms with E-state index in [9.17, 15) is 49.2 Å². The third-order valence-corrected chi connectivity index (χ3v) is 6.52. The number of carbonyl (C=O) groups excluding carboxylic acids is 2. The minimum atomic E-state index is -2.21. The second-order valence-corrected chi connectivity index (χ2v) is 8.42. The van der Waals surface area contributed by atoms with Gasteiger partial charge in [-0.15, -0.1) is 0 Å². The molecule has 7 unspecified atom stereocenters. The van der Waals surface area contributed by atoms with Crippen molar-refractivity contribution in [3.8, 4) is 0 Å². The molecule has 0 saturated carbocycles. The number of benzene rings is 1. The number of amides is 1. The number of nitrogens with one attached hydrogen (secondary N) is 1. The molecule has 1 rings (SSSR count). The fourth-order valence-corrected chi connectivity index (χ4v) is 4.68. The van der Waals surface area contributed by atoms with Gasteiger partial charge in [-0.25, -0.2) is 0 Å². The lowest BCUT2D eigenvalue weighted by Crippen LogP contribution is -2.53. The Labute approximate surface area is 202 Å². The average molecular weight is 494 g/mol. The largest absolute Gasteiger partial charge is 0.481 e. The molecule has 0 aliphatic rings. The molecule has 0 radical (unpaired) electrons. The predicted octanol–water partition coefficient (Wildman–Crippen LogP) is 1.57. The second kappa shape index (κ2) is 12.6. The smallest absolute Gasteiger partial charge is 0.308 e. The summed E-state index contributed by atoms with van der Waals surface area (Å²) < 4.78 is 0. The summed E-state index contributed by atoms with van der Waals surface area (Å²) in [6, 6.07) is 8.10. The predicted molar refractivity (Wildman–Crippen MR) is 121 cm³/mol. The lowest BCUT2D eigenvalue weighted by molar-refractivity contribution is -0.170. The molecule has 7 atom stereocenters. The Kier molecular flexibility index (Phi) is 10.6. The van der Waals surface area contributed by atoms with Crippen LogP contribution in [0.1, 0.15) is 38.7 Å². The molecule has 0 heterocycles. The number of rotatable bonds is 14. The lowest BCUT2D eigenvalue weighted by Gasteiger charge is -2.37. The zero-order valence-electron chi connectivity index (χ0n) is 19.9. The number of aliphatic carboxylic acids is 4. The van der Waals surface area contributed by atoms with Gasteiger partial charge in [0.15, 0.2) is 0 Å². The highest BCUT2D eigenvalue weighted by molar-refractivity contribution is 5.94. The molecule has 192 valence electrons. The standard InChI is InChI=1S/C24H31NO10/c1-5-14(13-9-7-6-8-10-13)16(22(30)31)19(24(34)35)17(20(27)25-4)18(23(32)33)15(21(28)29)11(2)12(3)26/h6-11,14-19H,5H2,1-4H3,(H,25,27)(H,28,29)(H,30,31)(H,32,33)(H,34,35). The first-order valence-corrected chi connectivity index (χ1v) is 11.0. The maximum atomic E-state index is 13.0. The van der Waals surface area contributed by atoms with E-state index in [0.717, 1.165) is 14.0 Å². The lowest BCUT2D eigenvalue weighted by atomic mass is 9.63. The van der Waals surface area contributed by atoms with E-state index < -0.39 is 77.0 Å². The van der Waals surface area contributed by atoms with E-state index in [-0.39, 0.29) is 6.42 Å². The zero-order chi connectivity index (χ0) is 27.0. The van der Waals surface area contributed by atoms with Crippen molar-refractivity contribution in [2.75, 3.05) is 7.05 Å². The third kappa shape index (κ3) is 6.65. The Morgan fingerprint density at radius 2 is 1.17 bits per heavy atom. The Balaban J connectivity index is 3.92. The van der Waals surface area contributed by atoms with Crippen LogP contribution in [-0.4, -0.2) is 63.0 Å². The molecule has 0 aromatic heterocycles. The number of ketones is 1. The average Bonchev–Trinajstić information content (AvgIpc) is 2.79. The van der Waals surface area contributed by atoms with Crippen molar-refractivity contribution in [2.24, 2.45) is 35.5 Å². The molecular formula is C24H31NO10. The quantitative estimate of drug-likeness (QED) is 0.254. The Morgan fingerprint density at radius 1 is 0.743 bits per heavy atom. The van der Waals surface area contributed by atoms with Gasteiger partial charge in [-0.3, -0.25) is 28.8 Å². The van der Waals surface area contributed by atoms with Crippen LogP contribution in [-0.2, 0) is 28.8 Å². The summed E-state index contributed by atoms with van der Waals surface area (Å²) in [5.74, 6) is -21.3. The zero-order valence-corrected chi connectivity index (χ0v) is 19.9. The number of carbonyl (C=O) groups is 6. The third-order valence-electron chi connectivity index (χ3n) is 6.52. The maximum Gasteiger partial charge on any atom is 0.308 e. The summed E-state index contributed by atoms with van der Waals surface area (Å²) in [5, 5.41) is 42.2. The summed E-state index contributed by atoms with van der Waals surface area (Å²) in [6.07, 6.45) is 0.134. The van der Waals surface area contributed by atoms with Gasteiger partial charge in [0.05, 0.1) is 29.6 Å². The molecule has 0 saturated heterocycles. The van der Waals surface area contributed by atoms with Gasteiger partial charge in [0.2, 0.25) is 5.91 Å². The summed E-state index contributed by atoms with van der Waals surface area (Å²) >= 11 is 0. The molecule has 35 heavy (non-hydrogen) atoms. The van der Waals surface area contributed by atoms with Gasteiger partial charge in [-0.05, 0) is 24.8 Å². The van der Waals surface area contributed by atoms with Gasteiger partial charge in [-0.2, -0.15) is 0 Å². The van der Waals surface area contributed by atoms with Crippen molar-refractivity contribution in [1.29, 1.82) is 0 Å². The second-order valence-electron chi connectivity index (χ2n) is 8.42. The Bertz CT molecular complexity index is 960. The molecule has 1 aromatic carbocycles. The van der Waals surface area contributed by atoms with E-state index in [1.165, 1.54) is 6.92 Å². The van der Waals surface area contributed by atoms with E-state index >= 15 is 0 Å². The normalized spacial score (nSPS) is 17.0. The molecule has 0 fully saturated rings. The minimum absolute atomic E-state index is 0.134. The number of hydrogen-bond donors (Lipinski definition) is 5. The van der Waals surface area contributed by atoms with E-state index in [1.54, 1.807) is 37.3 Å². The summed E-state index contributed by atoms with van der Waals surface area (Å²) in [6.45, 7) is 3.83. The number of Topliss-reactive ketones (excluding diaryl/α,β-unsaturated/α-hetero) is 1. The first-order valence-electron chi connectivity index (χ1n) is 11.0. The van der Waals surface area contributed by atoms with E-state index in [1.807, 2.05) is 0 Å². The Morgan fingerprint density at radius 3 is 1.51 bits per heavy atom. The van der Waals surface area contributed by atoms with Crippen molar-refractivity contribution in [1.82, 2.24) is 5.32 Å². The highest BCUT2D eigenvalue weighted by Crippen LogP contribution is 2.42. The van der Waals surface area contributed by atoms with Crippen LogP contribution >= 0.6 is 0 Å². The van der Waals surface area contributed by atoms with Gasteiger partial charge in [-0.1, -0.05) is 44.2 Å². The summed E-state index contributed by atoms with van der Waals surface area (Å²) in [7, 11) is 1.10. The van der Waals surface area contributed by atoms with Crippen LogP contribution in [0.5, 0.6) is 0 Å². The van der Waals surface area contributed by atoms with Gasteiger partial charge < -0.3 is 25.7 Å². The van der Waals surface area contributed by atoms with Crippen LogP contribution in [0.15, 0.2) is 30.3 Å². The molecule has 0 spiro atoms. The van der Waals surface area contributed by atoms with Crippen molar-refractivity contribution in [3.05, 3.63) is 35.9 Å². The molecule has 11 nitrogen and oxygen atoms in total. The Hall–Kier alpha value is -3.76. The highest BCUT2D eigenvalue weighted by Gasteiger charge is 2.55. The molecule has 0 aliphatic carbocycles. The van der Waals surface area contributed by atoms with Gasteiger partial charge in [0, 0.05) is 13.0 Å². The van der Waals surface area contributed by atoms with Crippen molar-refractivity contribution in [2.45, 2.75) is 33.1 Å². The van der Waals surface area contributed by atoms with E-state index in [4.69, 9.17) is 0 Å². The van der Waals surface area contributed by atoms with Crippen molar-refractivity contribution in [3.63, 3.8) is 0 Å². The van der Waals surface area contributed by atoms with Crippen LogP contribution in [0.2, 0.25) is 0 Å². The fraction of sp³-hybridized carbons (Fsp3) is 0.500. The van der Waals surface area contributed by atoms with Crippen LogP contribution < -0.4 is 5.32 Å². The first-order chi connectivity index (χ1) is 16.3. The van der Waals surface area contributed by atoms with Gasteiger partial charge in [0.25, 0.3) is 0 Å². The molecule has 11 heteroatoms. The van der Waals surface area contributed by atoms with Crippen LogP contribution in [0, 0.1) is 35.5 Å². The number of hydrogen-bond acceptors (Lipinski definition) is 6. The minimum Gasteiger partial charge on any atom is -0.481 e. The van der Waals surface area contributed by atoms with Gasteiger partial charge >= 0.3 is 23.9 Å². The number of carboxylic acid groups (broad SMARTS) is 4. The van der Waals surface area contributed by atoms with Crippen molar-refractivity contribution >= 4 is 35.6 Å². The summed E-state index contributed by atoms with van der Waals surface area (Å²) in [4.78, 5) is 74.4. The van der Waals surface area contributed by atoms with Crippen molar-refractivity contribution < 1.29 is 49.2 Å². The highest BCUT2D eigenvalue weighted by atomic mass is 16.4.